The summed E-state index contributed by atoms with van der Waals surface area (Å²) >= 11 is 0. The van der Waals surface area contributed by atoms with Crippen LogP contribution in [-0.4, -0.2) is 17.4 Å². The Kier molecular flexibility index (Phi) is 4.08. The van der Waals surface area contributed by atoms with E-state index in [1.165, 1.54) is 5.39 Å². The van der Waals surface area contributed by atoms with Gasteiger partial charge in [0.2, 0.25) is 5.90 Å². The lowest BCUT2D eigenvalue weighted by Gasteiger charge is -2.26. The molecule has 3 aromatic rings. The fourth-order valence-electron chi connectivity index (χ4n) is 3.55. The Bertz CT molecular complexity index is 986. The minimum atomic E-state index is -0.894. The molecule has 3 nitrogen and oxygen atoms in total. The van der Waals surface area contributed by atoms with Gasteiger partial charge in [0.15, 0.2) is 5.54 Å². The number of carbonyl (C=O) groups is 1. The van der Waals surface area contributed by atoms with E-state index in [9.17, 15) is 4.79 Å². The molecule has 0 radical (unpaired) electrons. The van der Waals surface area contributed by atoms with E-state index in [0.717, 1.165) is 16.5 Å². The number of ether oxygens (including phenoxy) is 1. The first kappa shape index (κ1) is 16.5. The van der Waals surface area contributed by atoms with E-state index in [4.69, 9.17) is 9.73 Å². The largest absolute Gasteiger partial charge is 0.405 e. The first-order valence-corrected chi connectivity index (χ1v) is 8.94. The molecule has 130 valence electrons. The van der Waals surface area contributed by atoms with Crippen molar-refractivity contribution in [2.45, 2.75) is 25.8 Å². The summed E-state index contributed by atoms with van der Waals surface area (Å²) in [5.74, 6) is 0.180. The average Bonchev–Trinajstić information content (AvgIpc) is 3.00. The normalized spacial score (nSPS) is 19.7. The van der Waals surface area contributed by atoms with Crippen LogP contribution >= 0.6 is 0 Å². The van der Waals surface area contributed by atoms with Crippen molar-refractivity contribution in [1.29, 1.82) is 0 Å². The van der Waals surface area contributed by atoms with Crippen LogP contribution < -0.4 is 0 Å². The van der Waals surface area contributed by atoms with Crippen molar-refractivity contribution in [3.63, 3.8) is 0 Å². The first-order chi connectivity index (χ1) is 12.6. The molecular weight excluding hydrogens is 322 g/mol. The second-order valence-electron chi connectivity index (χ2n) is 7.07. The number of hydrogen-bond donors (Lipinski definition) is 0. The number of rotatable bonds is 4. The summed E-state index contributed by atoms with van der Waals surface area (Å²) < 4.78 is 5.62. The van der Waals surface area contributed by atoms with Gasteiger partial charge < -0.3 is 4.74 Å². The first-order valence-electron chi connectivity index (χ1n) is 8.94. The molecule has 1 aliphatic heterocycles. The van der Waals surface area contributed by atoms with Crippen molar-refractivity contribution in [3.05, 3.63) is 83.9 Å². The predicted octanol–water partition coefficient (Wildman–Crippen LogP) is 4.78. The summed E-state index contributed by atoms with van der Waals surface area (Å²) in [6.45, 7) is 4.06. The lowest BCUT2D eigenvalue weighted by Crippen LogP contribution is -2.41. The molecule has 0 aromatic heterocycles. The summed E-state index contributed by atoms with van der Waals surface area (Å²) in [5, 5.41) is 2.33. The van der Waals surface area contributed by atoms with Gasteiger partial charge in [0.25, 0.3) is 0 Å². The van der Waals surface area contributed by atoms with Crippen LogP contribution in [0.4, 0.5) is 0 Å². The number of aliphatic imine (C=N–C) groups is 1. The predicted molar refractivity (Wildman–Crippen MR) is 104 cm³/mol. The topological polar surface area (TPSA) is 38.7 Å². The van der Waals surface area contributed by atoms with Gasteiger partial charge in [-0.1, -0.05) is 74.5 Å². The molecule has 0 N–H and O–H groups in total. The standard InChI is InChI=1S/C23H21NO2/c1-16(2)23(15-19-13-8-12-17-9-6-7-14-20(17)19)22(25)26-21(24-23)18-10-4-3-5-11-18/h3-14,16H,15H2,1-2H3/t23-/m1/s1. The quantitative estimate of drug-likeness (QED) is 0.639. The monoisotopic (exact) mass is 343 g/mol. The minimum absolute atomic E-state index is 0.0233. The van der Waals surface area contributed by atoms with Crippen LogP contribution in [0.2, 0.25) is 0 Å². The Balaban J connectivity index is 1.80. The molecule has 4 rings (SSSR count). The SMILES string of the molecule is CC(C)[C@@]1(Cc2cccc3ccccc23)N=C(c2ccccc2)OC1=O. The fourth-order valence-corrected chi connectivity index (χ4v) is 3.55. The molecule has 0 fully saturated rings. The number of carbonyl (C=O) groups excluding carboxylic acids is 1. The van der Waals surface area contributed by atoms with Gasteiger partial charge in [0.1, 0.15) is 0 Å². The van der Waals surface area contributed by atoms with E-state index in [0.29, 0.717) is 12.3 Å². The number of cyclic esters (lactones) is 1. The number of nitrogens with zero attached hydrogens (tertiary/aromatic N) is 1. The third-order valence-electron chi connectivity index (χ3n) is 5.16. The Labute approximate surface area is 153 Å². The van der Waals surface area contributed by atoms with Crippen molar-refractivity contribution in [3.8, 4) is 0 Å². The molecule has 26 heavy (non-hydrogen) atoms. The van der Waals surface area contributed by atoms with Gasteiger partial charge in [-0.2, -0.15) is 0 Å². The highest BCUT2D eigenvalue weighted by molar-refractivity contribution is 6.08. The minimum Gasteiger partial charge on any atom is -0.405 e. The Morgan fingerprint density at radius 1 is 0.923 bits per heavy atom. The van der Waals surface area contributed by atoms with Crippen LogP contribution in [0.1, 0.15) is 25.0 Å². The van der Waals surface area contributed by atoms with Crippen molar-refractivity contribution < 1.29 is 9.53 Å². The van der Waals surface area contributed by atoms with E-state index in [2.05, 4.69) is 24.3 Å². The van der Waals surface area contributed by atoms with E-state index >= 15 is 0 Å². The summed E-state index contributed by atoms with van der Waals surface area (Å²) in [6.07, 6.45) is 0.529. The average molecular weight is 343 g/mol. The Morgan fingerprint density at radius 2 is 1.62 bits per heavy atom. The highest BCUT2D eigenvalue weighted by atomic mass is 16.6. The van der Waals surface area contributed by atoms with Gasteiger partial charge in [-0.15, -0.1) is 0 Å². The second kappa shape index (κ2) is 6.41. The van der Waals surface area contributed by atoms with Crippen molar-refractivity contribution >= 4 is 22.6 Å². The zero-order valence-electron chi connectivity index (χ0n) is 15.0. The molecule has 0 amide bonds. The van der Waals surface area contributed by atoms with Crippen LogP contribution in [0.15, 0.2) is 77.8 Å². The van der Waals surface area contributed by atoms with E-state index < -0.39 is 5.54 Å². The van der Waals surface area contributed by atoms with Gasteiger partial charge in [0.05, 0.1) is 0 Å². The maximum Gasteiger partial charge on any atom is 0.341 e. The van der Waals surface area contributed by atoms with Crippen molar-refractivity contribution in [2.75, 3.05) is 0 Å². The smallest absolute Gasteiger partial charge is 0.341 e. The molecule has 1 aliphatic rings. The molecule has 0 saturated carbocycles. The van der Waals surface area contributed by atoms with E-state index in [1.54, 1.807) is 0 Å². The molecule has 1 atom stereocenters. The molecule has 3 heteroatoms. The van der Waals surface area contributed by atoms with Gasteiger partial charge in [0, 0.05) is 12.0 Å². The summed E-state index contributed by atoms with van der Waals surface area (Å²) in [6, 6.07) is 24.1. The van der Waals surface area contributed by atoms with E-state index in [-0.39, 0.29) is 11.9 Å². The lowest BCUT2D eigenvalue weighted by atomic mass is 9.80. The van der Waals surface area contributed by atoms with Crippen LogP contribution in [-0.2, 0) is 16.0 Å². The number of benzene rings is 3. The molecule has 0 bridgehead atoms. The molecule has 3 aromatic carbocycles. The molecule has 0 aliphatic carbocycles. The molecule has 1 heterocycles. The molecular formula is C23H21NO2. The summed E-state index contributed by atoms with van der Waals surface area (Å²) in [7, 11) is 0. The summed E-state index contributed by atoms with van der Waals surface area (Å²) in [5.41, 5.74) is 1.06. The number of hydrogen-bond acceptors (Lipinski definition) is 3. The lowest BCUT2D eigenvalue weighted by molar-refractivity contribution is -0.140. The van der Waals surface area contributed by atoms with Crippen LogP contribution in [0.5, 0.6) is 0 Å². The van der Waals surface area contributed by atoms with Crippen LogP contribution in [0.3, 0.4) is 0 Å². The highest BCUT2D eigenvalue weighted by Gasteiger charge is 2.49. The van der Waals surface area contributed by atoms with Gasteiger partial charge in [-0.3, -0.25) is 0 Å². The van der Waals surface area contributed by atoms with Crippen LogP contribution in [0.25, 0.3) is 10.8 Å². The molecule has 0 saturated heterocycles. The van der Waals surface area contributed by atoms with Crippen molar-refractivity contribution in [2.24, 2.45) is 10.9 Å². The van der Waals surface area contributed by atoms with Gasteiger partial charge in [-0.25, -0.2) is 9.79 Å². The van der Waals surface area contributed by atoms with Crippen LogP contribution in [0, 0.1) is 5.92 Å². The maximum absolute atomic E-state index is 12.9. The molecule has 0 unspecified atom stereocenters. The molecule has 0 spiro atoms. The zero-order chi connectivity index (χ0) is 18.1. The fraction of sp³-hybridized carbons (Fsp3) is 0.217. The maximum atomic E-state index is 12.9. The van der Waals surface area contributed by atoms with E-state index in [1.807, 2.05) is 62.4 Å². The number of esters is 1. The van der Waals surface area contributed by atoms with Gasteiger partial charge in [-0.05, 0) is 34.4 Å². The zero-order valence-corrected chi connectivity index (χ0v) is 15.0. The summed E-state index contributed by atoms with van der Waals surface area (Å²) in [4.78, 5) is 17.7. The third-order valence-corrected chi connectivity index (χ3v) is 5.16. The van der Waals surface area contributed by atoms with Gasteiger partial charge >= 0.3 is 5.97 Å². The Morgan fingerprint density at radius 3 is 2.38 bits per heavy atom. The Hall–Kier alpha value is -2.94. The number of fused-ring (bicyclic) bond motifs is 1. The second-order valence-corrected chi connectivity index (χ2v) is 7.07. The third kappa shape index (κ3) is 2.70. The highest BCUT2D eigenvalue weighted by Crippen LogP contribution is 2.35. The van der Waals surface area contributed by atoms with Crippen molar-refractivity contribution in [1.82, 2.24) is 0 Å².